The molecule has 1 rings (SSSR count). The average Bonchev–Trinajstić information content (AvgIpc) is 2.13. The smallest absolute Gasteiger partial charge is 0.146 e. The van der Waals surface area contributed by atoms with E-state index in [0.29, 0.717) is 6.42 Å². The molecule has 78 valence electrons. The highest BCUT2D eigenvalue weighted by Gasteiger charge is 2.17. The number of nitrogen functional groups attached to an aromatic ring is 1. The number of halogens is 1. The summed E-state index contributed by atoms with van der Waals surface area (Å²) in [4.78, 5) is 0. The first-order chi connectivity index (χ1) is 6.57. The zero-order chi connectivity index (χ0) is 10.7. The number of rotatable bonds is 3. The minimum atomic E-state index is -0.502. The Morgan fingerprint density at radius 1 is 1.50 bits per heavy atom. The van der Waals surface area contributed by atoms with Gasteiger partial charge in [0.1, 0.15) is 11.6 Å². The van der Waals surface area contributed by atoms with Gasteiger partial charge in [-0.2, -0.15) is 0 Å². The third-order valence-corrected chi connectivity index (χ3v) is 2.17. The van der Waals surface area contributed by atoms with E-state index in [-0.39, 0.29) is 17.0 Å². The molecule has 0 fully saturated rings. The molecule has 14 heavy (non-hydrogen) atoms. The quantitative estimate of drug-likeness (QED) is 0.513. The topological polar surface area (TPSA) is 72.3 Å². The van der Waals surface area contributed by atoms with E-state index >= 15 is 0 Å². The van der Waals surface area contributed by atoms with Crippen molar-refractivity contribution in [2.75, 3.05) is 5.73 Å². The molecule has 4 heteroatoms. The molecule has 1 aromatic rings. The number of benzene rings is 1. The van der Waals surface area contributed by atoms with Gasteiger partial charge < -0.3 is 16.6 Å². The summed E-state index contributed by atoms with van der Waals surface area (Å²) in [5.74, 6) is -0.733. The number of nitrogens with two attached hydrogens (primary N) is 2. The fraction of sp³-hybridized carbons (Fsp3) is 0.400. The first kappa shape index (κ1) is 10.8. The second-order valence-corrected chi connectivity index (χ2v) is 3.29. The standard InChI is InChI=1S/C10H15FN2O/c1-2-3-7(12)9-6(11)4-5-8(13)10(9)14/h4-5,7,14H,2-3,12-13H2,1H3/t7-/m1/s1. The van der Waals surface area contributed by atoms with Crippen LogP contribution in [0.4, 0.5) is 10.1 Å². The summed E-state index contributed by atoms with van der Waals surface area (Å²) in [6, 6.07) is 2.05. The maximum absolute atomic E-state index is 13.3. The van der Waals surface area contributed by atoms with Gasteiger partial charge in [-0.25, -0.2) is 4.39 Å². The molecule has 0 unspecified atom stereocenters. The summed E-state index contributed by atoms with van der Waals surface area (Å²) in [7, 11) is 0. The third-order valence-electron chi connectivity index (χ3n) is 2.17. The highest BCUT2D eigenvalue weighted by molar-refractivity contribution is 5.57. The lowest BCUT2D eigenvalue weighted by atomic mass is 10.0. The Kier molecular flexibility index (Phi) is 3.30. The van der Waals surface area contributed by atoms with E-state index in [0.717, 1.165) is 6.42 Å². The minimum Gasteiger partial charge on any atom is -0.505 e. The van der Waals surface area contributed by atoms with Crippen LogP contribution in [0, 0.1) is 5.82 Å². The maximum atomic E-state index is 13.3. The molecule has 0 saturated heterocycles. The van der Waals surface area contributed by atoms with Crippen LogP contribution in [0.15, 0.2) is 12.1 Å². The predicted molar refractivity (Wildman–Crippen MR) is 54.3 cm³/mol. The van der Waals surface area contributed by atoms with Gasteiger partial charge in [0, 0.05) is 11.6 Å². The fourth-order valence-corrected chi connectivity index (χ4v) is 1.41. The monoisotopic (exact) mass is 198 g/mol. The van der Waals surface area contributed by atoms with Crippen molar-refractivity contribution in [3.63, 3.8) is 0 Å². The van der Waals surface area contributed by atoms with Crippen LogP contribution >= 0.6 is 0 Å². The number of hydrogen-bond acceptors (Lipinski definition) is 3. The molecular formula is C10H15FN2O. The molecule has 0 heterocycles. The molecule has 1 aromatic carbocycles. The molecule has 0 spiro atoms. The number of anilines is 1. The average molecular weight is 198 g/mol. The van der Waals surface area contributed by atoms with Crippen molar-refractivity contribution >= 4 is 5.69 Å². The van der Waals surface area contributed by atoms with Crippen LogP contribution in [0.2, 0.25) is 0 Å². The van der Waals surface area contributed by atoms with E-state index in [9.17, 15) is 9.50 Å². The van der Waals surface area contributed by atoms with Crippen molar-refractivity contribution in [1.29, 1.82) is 0 Å². The molecule has 1 atom stereocenters. The zero-order valence-electron chi connectivity index (χ0n) is 8.13. The first-order valence-electron chi connectivity index (χ1n) is 4.60. The SMILES string of the molecule is CCC[C@@H](N)c1c(F)ccc(N)c1O. The maximum Gasteiger partial charge on any atom is 0.146 e. The Hall–Kier alpha value is -1.29. The lowest BCUT2D eigenvalue weighted by molar-refractivity contribution is 0.447. The lowest BCUT2D eigenvalue weighted by Gasteiger charge is -2.14. The van der Waals surface area contributed by atoms with E-state index in [1.54, 1.807) is 0 Å². The molecule has 0 radical (unpaired) electrons. The van der Waals surface area contributed by atoms with E-state index in [4.69, 9.17) is 11.5 Å². The van der Waals surface area contributed by atoms with Gasteiger partial charge in [0.15, 0.2) is 0 Å². The Morgan fingerprint density at radius 2 is 2.14 bits per heavy atom. The summed E-state index contributed by atoms with van der Waals surface area (Å²) >= 11 is 0. The fourth-order valence-electron chi connectivity index (χ4n) is 1.41. The number of phenols is 1. The van der Waals surface area contributed by atoms with Crippen molar-refractivity contribution in [3.8, 4) is 5.75 Å². The van der Waals surface area contributed by atoms with Crippen LogP contribution in [0.3, 0.4) is 0 Å². The van der Waals surface area contributed by atoms with Gasteiger partial charge >= 0.3 is 0 Å². The van der Waals surface area contributed by atoms with Crippen LogP contribution < -0.4 is 11.5 Å². The normalized spacial score (nSPS) is 12.8. The van der Waals surface area contributed by atoms with Crippen LogP contribution in [0.25, 0.3) is 0 Å². The van der Waals surface area contributed by atoms with Crippen LogP contribution in [0.5, 0.6) is 5.75 Å². The summed E-state index contributed by atoms with van der Waals surface area (Å²) in [5, 5.41) is 9.53. The highest BCUT2D eigenvalue weighted by atomic mass is 19.1. The number of phenolic OH excluding ortho intramolecular Hbond substituents is 1. The van der Waals surface area contributed by atoms with Gasteiger partial charge in [0.25, 0.3) is 0 Å². The molecule has 5 N–H and O–H groups in total. The van der Waals surface area contributed by atoms with E-state index < -0.39 is 11.9 Å². The summed E-state index contributed by atoms with van der Waals surface area (Å²) in [6.45, 7) is 1.95. The molecular weight excluding hydrogens is 183 g/mol. The van der Waals surface area contributed by atoms with E-state index in [1.165, 1.54) is 12.1 Å². The van der Waals surface area contributed by atoms with Crippen LogP contribution in [-0.2, 0) is 0 Å². The predicted octanol–water partition coefficient (Wildman–Crippen LogP) is 1.91. The van der Waals surface area contributed by atoms with Crippen molar-refractivity contribution in [2.24, 2.45) is 5.73 Å². The Bertz CT molecular complexity index is 328. The molecule has 3 nitrogen and oxygen atoms in total. The zero-order valence-corrected chi connectivity index (χ0v) is 8.13. The highest BCUT2D eigenvalue weighted by Crippen LogP contribution is 2.32. The molecule has 0 aliphatic rings. The summed E-state index contributed by atoms with van der Waals surface area (Å²) in [6.07, 6.45) is 1.45. The van der Waals surface area contributed by atoms with Crippen molar-refractivity contribution in [2.45, 2.75) is 25.8 Å². The van der Waals surface area contributed by atoms with E-state index in [2.05, 4.69) is 0 Å². The largest absolute Gasteiger partial charge is 0.505 e. The second-order valence-electron chi connectivity index (χ2n) is 3.29. The molecule has 0 amide bonds. The van der Waals surface area contributed by atoms with Gasteiger partial charge in [0.05, 0.1) is 5.69 Å². The second kappa shape index (κ2) is 4.28. The third kappa shape index (κ3) is 1.96. The number of aromatic hydroxyl groups is 1. The van der Waals surface area contributed by atoms with Crippen molar-refractivity contribution in [1.82, 2.24) is 0 Å². The molecule has 0 aliphatic carbocycles. The molecule has 0 aliphatic heterocycles. The van der Waals surface area contributed by atoms with Crippen molar-refractivity contribution in [3.05, 3.63) is 23.5 Å². The molecule has 0 saturated carbocycles. The summed E-state index contributed by atoms with van der Waals surface area (Å²) < 4.78 is 13.3. The summed E-state index contributed by atoms with van der Waals surface area (Å²) in [5.41, 5.74) is 11.4. The Labute approximate surface area is 82.5 Å². The van der Waals surface area contributed by atoms with Gasteiger partial charge in [-0.15, -0.1) is 0 Å². The van der Waals surface area contributed by atoms with Crippen molar-refractivity contribution < 1.29 is 9.50 Å². The lowest BCUT2D eigenvalue weighted by Crippen LogP contribution is -2.12. The molecule has 0 aromatic heterocycles. The van der Waals surface area contributed by atoms with Gasteiger partial charge in [-0.3, -0.25) is 0 Å². The first-order valence-corrected chi connectivity index (χ1v) is 4.60. The van der Waals surface area contributed by atoms with E-state index in [1.807, 2.05) is 6.92 Å². The Morgan fingerprint density at radius 3 is 2.71 bits per heavy atom. The van der Waals surface area contributed by atoms with Gasteiger partial charge in [0.2, 0.25) is 0 Å². The van der Waals surface area contributed by atoms with Crippen LogP contribution in [0.1, 0.15) is 31.4 Å². The number of hydrogen-bond donors (Lipinski definition) is 3. The minimum absolute atomic E-state index is 0.117. The van der Waals surface area contributed by atoms with Gasteiger partial charge in [-0.1, -0.05) is 13.3 Å². The Balaban J connectivity index is 3.11. The molecule has 0 bridgehead atoms. The van der Waals surface area contributed by atoms with Crippen LogP contribution in [-0.4, -0.2) is 5.11 Å². The van der Waals surface area contributed by atoms with Gasteiger partial charge in [-0.05, 0) is 18.6 Å².